The maximum Gasteiger partial charge on any atom is 0.316 e. The predicted octanol–water partition coefficient (Wildman–Crippen LogP) is 1.26. The Labute approximate surface area is 94.4 Å². The second-order valence-electron chi connectivity index (χ2n) is 3.24. The Balaban J connectivity index is 2.71. The summed E-state index contributed by atoms with van der Waals surface area (Å²) in [6.45, 7) is 1.37. The van der Waals surface area contributed by atoms with Gasteiger partial charge in [-0.2, -0.15) is 0 Å². The number of carbonyl (C=O) groups is 1. The van der Waals surface area contributed by atoms with Gasteiger partial charge < -0.3 is 14.7 Å². The Hall–Kier alpha value is -1.16. The van der Waals surface area contributed by atoms with Crippen LogP contribution < -0.4 is 5.32 Å². The predicted molar refractivity (Wildman–Crippen MR) is 60.2 cm³/mol. The lowest BCUT2D eigenvalue weighted by Crippen LogP contribution is -2.28. The highest BCUT2D eigenvalue weighted by Gasteiger charge is 2.13. The summed E-state index contributed by atoms with van der Waals surface area (Å²) in [5.41, 5.74) is 0.834. The van der Waals surface area contributed by atoms with Gasteiger partial charge in [0.25, 0.3) is 0 Å². The smallest absolute Gasteiger partial charge is 0.316 e. The van der Waals surface area contributed by atoms with Gasteiger partial charge in [0, 0.05) is 6.92 Å². The summed E-state index contributed by atoms with van der Waals surface area (Å²) in [6, 6.07) is 8.74. The van der Waals surface area contributed by atoms with E-state index in [2.05, 4.69) is 9.84 Å². The Kier molecular flexibility index (Phi) is 5.19. The van der Waals surface area contributed by atoms with Gasteiger partial charge >= 0.3 is 8.25 Å². The first-order valence-electron chi connectivity index (χ1n) is 4.77. The molecule has 0 heterocycles. The summed E-state index contributed by atoms with van der Waals surface area (Å²) in [6.07, 6.45) is 0. The van der Waals surface area contributed by atoms with Crippen molar-refractivity contribution in [1.29, 1.82) is 0 Å². The van der Waals surface area contributed by atoms with Gasteiger partial charge in [-0.25, -0.2) is 0 Å². The molecule has 0 aliphatic carbocycles. The van der Waals surface area contributed by atoms with Crippen LogP contribution in [0.2, 0.25) is 0 Å². The van der Waals surface area contributed by atoms with Crippen molar-refractivity contribution in [2.45, 2.75) is 13.0 Å². The van der Waals surface area contributed by atoms with Crippen LogP contribution in [0.3, 0.4) is 0 Å². The van der Waals surface area contributed by atoms with E-state index >= 15 is 0 Å². The van der Waals surface area contributed by atoms with Crippen molar-refractivity contribution in [1.82, 2.24) is 5.32 Å². The number of carbonyl (C=O) groups excluding carboxylic acids is 1. The molecule has 1 aromatic carbocycles. The largest absolute Gasteiger partial charge is 0.347 e. The van der Waals surface area contributed by atoms with E-state index in [4.69, 9.17) is 4.89 Å². The minimum Gasteiger partial charge on any atom is -0.347 e. The molecule has 88 valence electrons. The highest BCUT2D eigenvalue weighted by Crippen LogP contribution is 2.20. The van der Waals surface area contributed by atoms with Crippen LogP contribution >= 0.6 is 8.25 Å². The van der Waals surface area contributed by atoms with Crippen molar-refractivity contribution in [3.8, 4) is 0 Å². The lowest BCUT2D eigenvalue weighted by molar-refractivity contribution is -0.119. The van der Waals surface area contributed by atoms with Crippen molar-refractivity contribution < 1.29 is 18.8 Å². The molecule has 1 amide bonds. The van der Waals surface area contributed by atoms with Crippen molar-refractivity contribution in [2.75, 3.05) is 6.61 Å². The van der Waals surface area contributed by atoms with Crippen molar-refractivity contribution in [2.24, 2.45) is 0 Å². The molecule has 0 bridgehead atoms. The monoisotopic (exact) mass is 243 g/mol. The van der Waals surface area contributed by atoms with Crippen LogP contribution in [0.4, 0.5) is 0 Å². The summed E-state index contributed by atoms with van der Waals surface area (Å²) in [5, 5.41) is 2.65. The van der Waals surface area contributed by atoms with E-state index in [1.165, 1.54) is 6.92 Å². The average molecular weight is 243 g/mol. The third-order valence-electron chi connectivity index (χ3n) is 1.95. The lowest BCUT2D eigenvalue weighted by atomic mass is 10.1. The molecule has 0 aliphatic heterocycles. The first kappa shape index (κ1) is 12.9. The molecule has 5 nitrogen and oxygen atoms in total. The van der Waals surface area contributed by atoms with Gasteiger partial charge in [-0.15, -0.1) is 0 Å². The second-order valence-corrected chi connectivity index (χ2v) is 4.06. The first-order chi connectivity index (χ1) is 7.59. The van der Waals surface area contributed by atoms with Gasteiger partial charge in [0.15, 0.2) is 0 Å². The molecular weight excluding hydrogens is 229 g/mol. The molecule has 2 unspecified atom stereocenters. The van der Waals surface area contributed by atoms with Gasteiger partial charge in [-0.05, 0) is 5.56 Å². The van der Waals surface area contributed by atoms with Crippen molar-refractivity contribution >= 4 is 14.2 Å². The number of hydrogen-bond acceptors (Lipinski definition) is 3. The van der Waals surface area contributed by atoms with Gasteiger partial charge in [-0.3, -0.25) is 9.36 Å². The summed E-state index contributed by atoms with van der Waals surface area (Å²) in [7, 11) is -2.97. The molecule has 1 rings (SSSR count). The van der Waals surface area contributed by atoms with Crippen LogP contribution in [0, 0.1) is 0 Å². The van der Waals surface area contributed by atoms with Crippen LogP contribution in [-0.2, 0) is 13.9 Å². The van der Waals surface area contributed by atoms with Crippen LogP contribution in [0.25, 0.3) is 0 Å². The molecule has 2 N–H and O–H groups in total. The second kappa shape index (κ2) is 6.43. The van der Waals surface area contributed by atoms with Gasteiger partial charge in [0.05, 0.1) is 12.6 Å². The van der Waals surface area contributed by atoms with Crippen LogP contribution in [0.5, 0.6) is 0 Å². The number of nitrogens with one attached hydrogen (secondary N) is 1. The van der Waals surface area contributed by atoms with Crippen LogP contribution in [0.15, 0.2) is 30.3 Å². The third-order valence-corrected chi connectivity index (χ3v) is 2.37. The SMILES string of the molecule is CC(=O)NC(CO[PH](=O)O)c1ccccc1. The van der Waals surface area contributed by atoms with E-state index in [0.29, 0.717) is 0 Å². The van der Waals surface area contributed by atoms with Gasteiger partial charge in [0.2, 0.25) is 5.91 Å². The molecule has 1 aromatic rings. The zero-order valence-electron chi connectivity index (χ0n) is 8.84. The van der Waals surface area contributed by atoms with Gasteiger partial charge in [-0.1, -0.05) is 30.3 Å². The molecular formula is C10H14NO4P. The molecule has 0 spiro atoms. The molecule has 0 aromatic heterocycles. The molecule has 0 saturated carbocycles. The Morgan fingerprint density at radius 3 is 2.62 bits per heavy atom. The maximum absolute atomic E-state index is 11.0. The van der Waals surface area contributed by atoms with E-state index in [0.717, 1.165) is 5.56 Å². The fraction of sp³-hybridized carbons (Fsp3) is 0.300. The normalized spacial score (nSPS) is 14.1. The minimum absolute atomic E-state index is 0.0160. The Bertz CT molecular complexity index is 368. The average Bonchev–Trinajstić information content (AvgIpc) is 2.25. The number of amides is 1. The fourth-order valence-corrected chi connectivity index (χ4v) is 1.62. The van der Waals surface area contributed by atoms with E-state index in [-0.39, 0.29) is 12.5 Å². The molecule has 0 saturated heterocycles. The van der Waals surface area contributed by atoms with E-state index in [1.54, 1.807) is 0 Å². The van der Waals surface area contributed by atoms with Gasteiger partial charge in [0.1, 0.15) is 0 Å². The maximum atomic E-state index is 11.0. The number of benzene rings is 1. The molecule has 0 aliphatic rings. The summed E-state index contributed by atoms with van der Waals surface area (Å²) >= 11 is 0. The number of hydrogen-bond donors (Lipinski definition) is 2. The van der Waals surface area contributed by atoms with E-state index in [9.17, 15) is 9.36 Å². The molecule has 0 radical (unpaired) electrons. The Morgan fingerprint density at radius 2 is 2.12 bits per heavy atom. The number of rotatable bonds is 5. The standard InChI is InChI=1S/C10H14NO4P/c1-8(12)11-10(7-15-16(13)14)9-5-3-2-4-6-9/h2-6,10,16H,7H2,1H3,(H,11,12)(H,13,14). The lowest BCUT2D eigenvalue weighted by Gasteiger charge is -2.17. The molecule has 6 heteroatoms. The van der Waals surface area contributed by atoms with Crippen LogP contribution in [0.1, 0.15) is 18.5 Å². The fourth-order valence-electron chi connectivity index (χ4n) is 1.31. The minimum atomic E-state index is -2.97. The summed E-state index contributed by atoms with van der Waals surface area (Å²) in [4.78, 5) is 19.6. The highest BCUT2D eigenvalue weighted by atomic mass is 31.1. The summed E-state index contributed by atoms with van der Waals surface area (Å²) < 4.78 is 15.1. The first-order valence-corrected chi connectivity index (χ1v) is 6.03. The molecule has 0 fully saturated rings. The van der Waals surface area contributed by atoms with E-state index < -0.39 is 14.3 Å². The van der Waals surface area contributed by atoms with Crippen LogP contribution in [-0.4, -0.2) is 17.4 Å². The molecule has 16 heavy (non-hydrogen) atoms. The topological polar surface area (TPSA) is 75.6 Å². The third kappa shape index (κ3) is 4.57. The molecule has 2 atom stereocenters. The zero-order valence-corrected chi connectivity index (χ0v) is 9.84. The van der Waals surface area contributed by atoms with Crippen molar-refractivity contribution in [3.63, 3.8) is 0 Å². The van der Waals surface area contributed by atoms with Crippen molar-refractivity contribution in [3.05, 3.63) is 35.9 Å². The summed E-state index contributed by atoms with van der Waals surface area (Å²) in [5.74, 6) is -0.213. The Morgan fingerprint density at radius 1 is 1.50 bits per heavy atom. The van der Waals surface area contributed by atoms with E-state index in [1.807, 2.05) is 30.3 Å². The zero-order chi connectivity index (χ0) is 12.0. The quantitative estimate of drug-likeness (QED) is 0.763. The highest BCUT2D eigenvalue weighted by molar-refractivity contribution is 7.32.